The third-order valence-electron chi connectivity index (χ3n) is 1.91. The molecule has 0 amide bonds. The molecule has 0 saturated heterocycles. The van der Waals surface area contributed by atoms with Crippen molar-refractivity contribution in [1.29, 1.82) is 0 Å². The van der Waals surface area contributed by atoms with Crippen LogP contribution in [0.25, 0.3) is 0 Å². The number of ketones is 1. The summed E-state index contributed by atoms with van der Waals surface area (Å²) in [6.07, 6.45) is 4.71. The Bertz CT molecular complexity index is 248. The lowest BCUT2D eigenvalue weighted by molar-refractivity contribution is -0.122. The molecule has 0 atom stereocenters. The summed E-state index contributed by atoms with van der Waals surface area (Å²) in [5.74, 6) is -0.321. The molecule has 0 spiro atoms. The largest absolute Gasteiger partial charge is 0.384 e. The second-order valence-corrected chi connectivity index (χ2v) is 3.03. The second kappa shape index (κ2) is 8.15. The van der Waals surface area contributed by atoms with Gasteiger partial charge in [-0.1, -0.05) is 31.4 Å². The Labute approximate surface area is 91.1 Å². The highest BCUT2D eigenvalue weighted by Crippen LogP contribution is 2.09. The highest BCUT2D eigenvalue weighted by atomic mass is 16.5. The highest BCUT2D eigenvalue weighted by molar-refractivity contribution is 6.00. The molecule has 15 heavy (non-hydrogen) atoms. The number of carbonyl (C=O) groups is 1. The molecule has 0 rings (SSSR count). The first-order valence-corrected chi connectivity index (χ1v) is 4.68. The normalized spacial score (nSPS) is 11.5. The number of ether oxygens (including phenoxy) is 2. The van der Waals surface area contributed by atoms with E-state index >= 15 is 0 Å². The Kier molecular flexibility index (Phi) is 7.50. The van der Waals surface area contributed by atoms with E-state index in [1.807, 2.05) is 0 Å². The van der Waals surface area contributed by atoms with Crippen molar-refractivity contribution in [2.24, 2.45) is 5.92 Å². The molecule has 0 unspecified atom stereocenters. The summed E-state index contributed by atoms with van der Waals surface area (Å²) in [4.78, 5) is 11.9. The molecule has 0 radical (unpaired) electrons. The molecule has 0 aromatic heterocycles. The fourth-order valence-corrected chi connectivity index (χ4v) is 1.22. The van der Waals surface area contributed by atoms with Crippen molar-refractivity contribution < 1.29 is 14.3 Å². The Hall–Kier alpha value is -1.19. The molecule has 3 nitrogen and oxygen atoms in total. The lowest BCUT2D eigenvalue weighted by Gasteiger charge is -2.13. The molecule has 0 aliphatic carbocycles. The topological polar surface area (TPSA) is 35.5 Å². The predicted molar refractivity (Wildman–Crippen MR) is 60.7 cm³/mol. The Balaban J connectivity index is 4.65. The van der Waals surface area contributed by atoms with Crippen molar-refractivity contribution in [3.8, 4) is 0 Å². The number of allylic oxidation sites excluding steroid dienone is 4. The zero-order chi connectivity index (χ0) is 11.7. The molecule has 0 heterocycles. The minimum atomic E-state index is -0.288. The Morgan fingerprint density at radius 1 is 1.27 bits per heavy atom. The summed E-state index contributed by atoms with van der Waals surface area (Å²) in [5.41, 5.74) is 0.532. The summed E-state index contributed by atoms with van der Waals surface area (Å²) in [7, 11) is 3.11. The SMILES string of the molecule is C=C/C=C(\C=C)C(=O)C(COC)COC. The summed E-state index contributed by atoms with van der Waals surface area (Å²) >= 11 is 0. The van der Waals surface area contributed by atoms with Crippen molar-refractivity contribution in [2.45, 2.75) is 0 Å². The van der Waals surface area contributed by atoms with Crippen LogP contribution in [0.2, 0.25) is 0 Å². The van der Waals surface area contributed by atoms with Crippen LogP contribution >= 0.6 is 0 Å². The van der Waals surface area contributed by atoms with Gasteiger partial charge in [-0.25, -0.2) is 0 Å². The fraction of sp³-hybridized carbons (Fsp3) is 0.417. The minimum Gasteiger partial charge on any atom is -0.384 e. The Morgan fingerprint density at radius 3 is 2.13 bits per heavy atom. The average Bonchev–Trinajstić information content (AvgIpc) is 2.24. The molecule has 0 fully saturated rings. The van der Waals surface area contributed by atoms with Gasteiger partial charge in [-0.15, -0.1) is 0 Å². The highest BCUT2D eigenvalue weighted by Gasteiger charge is 2.19. The third kappa shape index (κ3) is 4.72. The van der Waals surface area contributed by atoms with Crippen LogP contribution in [-0.4, -0.2) is 33.2 Å². The maximum atomic E-state index is 11.9. The van der Waals surface area contributed by atoms with Crippen LogP contribution in [0.3, 0.4) is 0 Å². The van der Waals surface area contributed by atoms with Crippen LogP contribution in [0.4, 0.5) is 0 Å². The van der Waals surface area contributed by atoms with Gasteiger partial charge in [0.2, 0.25) is 0 Å². The van der Waals surface area contributed by atoms with Crippen molar-refractivity contribution in [1.82, 2.24) is 0 Å². The van der Waals surface area contributed by atoms with E-state index in [9.17, 15) is 4.79 Å². The molecular weight excluding hydrogens is 192 g/mol. The third-order valence-corrected chi connectivity index (χ3v) is 1.91. The minimum absolute atomic E-state index is 0.0337. The molecule has 0 bridgehead atoms. The first kappa shape index (κ1) is 13.8. The maximum absolute atomic E-state index is 11.9. The van der Waals surface area contributed by atoms with Gasteiger partial charge in [0.25, 0.3) is 0 Å². The van der Waals surface area contributed by atoms with E-state index in [1.54, 1.807) is 26.4 Å². The van der Waals surface area contributed by atoms with Crippen LogP contribution in [0.15, 0.2) is 37.0 Å². The van der Waals surface area contributed by atoms with Crippen LogP contribution in [0, 0.1) is 5.92 Å². The van der Waals surface area contributed by atoms with Crippen molar-refractivity contribution in [3.05, 3.63) is 37.0 Å². The quantitative estimate of drug-likeness (QED) is 0.452. The van der Waals surface area contributed by atoms with Crippen LogP contribution in [-0.2, 0) is 14.3 Å². The van der Waals surface area contributed by atoms with Crippen LogP contribution in [0.5, 0.6) is 0 Å². The maximum Gasteiger partial charge on any atom is 0.170 e. The monoisotopic (exact) mass is 210 g/mol. The Morgan fingerprint density at radius 2 is 1.80 bits per heavy atom. The van der Waals surface area contributed by atoms with Crippen molar-refractivity contribution in [2.75, 3.05) is 27.4 Å². The van der Waals surface area contributed by atoms with Gasteiger partial charge in [0, 0.05) is 19.8 Å². The zero-order valence-electron chi connectivity index (χ0n) is 9.36. The van der Waals surface area contributed by atoms with E-state index in [2.05, 4.69) is 13.2 Å². The number of Topliss-reactive ketones (excluding diaryl/α,β-unsaturated/α-hetero) is 1. The van der Waals surface area contributed by atoms with Gasteiger partial charge >= 0.3 is 0 Å². The van der Waals surface area contributed by atoms with Gasteiger partial charge in [0.1, 0.15) is 0 Å². The summed E-state index contributed by atoms with van der Waals surface area (Å²) in [5, 5.41) is 0. The molecule has 0 aliphatic heterocycles. The van der Waals surface area contributed by atoms with Gasteiger partial charge < -0.3 is 9.47 Å². The first-order chi connectivity index (χ1) is 7.21. The van der Waals surface area contributed by atoms with E-state index in [1.165, 1.54) is 6.08 Å². The number of hydrogen-bond acceptors (Lipinski definition) is 3. The van der Waals surface area contributed by atoms with Crippen molar-refractivity contribution >= 4 is 5.78 Å². The smallest absolute Gasteiger partial charge is 0.170 e. The molecule has 0 aromatic carbocycles. The van der Waals surface area contributed by atoms with Crippen LogP contribution in [0.1, 0.15) is 0 Å². The molecule has 3 heteroatoms. The van der Waals surface area contributed by atoms with Crippen LogP contribution < -0.4 is 0 Å². The molecule has 0 saturated carbocycles. The van der Waals surface area contributed by atoms with E-state index < -0.39 is 0 Å². The van der Waals surface area contributed by atoms with Gasteiger partial charge in [-0.05, 0) is 0 Å². The van der Waals surface area contributed by atoms with E-state index in [0.717, 1.165) is 0 Å². The molecule has 84 valence electrons. The second-order valence-electron chi connectivity index (χ2n) is 3.03. The van der Waals surface area contributed by atoms with Gasteiger partial charge in [-0.3, -0.25) is 4.79 Å². The fourth-order valence-electron chi connectivity index (χ4n) is 1.22. The lowest BCUT2D eigenvalue weighted by Crippen LogP contribution is -2.25. The molecule has 0 aliphatic rings. The molecule has 0 aromatic rings. The van der Waals surface area contributed by atoms with Gasteiger partial charge in [-0.2, -0.15) is 0 Å². The van der Waals surface area contributed by atoms with E-state index in [-0.39, 0.29) is 11.7 Å². The number of rotatable bonds is 8. The zero-order valence-corrected chi connectivity index (χ0v) is 9.36. The first-order valence-electron chi connectivity index (χ1n) is 4.68. The number of carbonyl (C=O) groups excluding carboxylic acids is 1. The standard InChI is InChI=1S/C12H18O3/c1-5-7-10(6-2)12(13)11(8-14-3)9-15-4/h5-7,11H,1-2,8-9H2,3-4H3/b10-7+. The van der Waals surface area contributed by atoms with Crippen molar-refractivity contribution in [3.63, 3.8) is 0 Å². The summed E-state index contributed by atoms with van der Waals surface area (Å²) in [6.45, 7) is 7.81. The number of hydrogen-bond donors (Lipinski definition) is 0. The molecule has 0 N–H and O–H groups in total. The van der Waals surface area contributed by atoms with E-state index in [0.29, 0.717) is 18.8 Å². The summed E-state index contributed by atoms with van der Waals surface area (Å²) in [6, 6.07) is 0. The predicted octanol–water partition coefficient (Wildman–Crippen LogP) is 1.76. The summed E-state index contributed by atoms with van der Waals surface area (Å²) < 4.78 is 9.92. The molecular formula is C12H18O3. The lowest BCUT2D eigenvalue weighted by atomic mass is 9.98. The number of methoxy groups -OCH3 is 2. The van der Waals surface area contributed by atoms with E-state index in [4.69, 9.17) is 9.47 Å². The average molecular weight is 210 g/mol. The van der Waals surface area contributed by atoms with Gasteiger partial charge in [0.15, 0.2) is 5.78 Å². The van der Waals surface area contributed by atoms with Gasteiger partial charge in [0.05, 0.1) is 19.1 Å².